The average Bonchev–Trinajstić information content (AvgIpc) is 2.97. The fourth-order valence-electron chi connectivity index (χ4n) is 2.72. The van der Waals surface area contributed by atoms with E-state index in [0.717, 1.165) is 13.1 Å². The van der Waals surface area contributed by atoms with E-state index in [4.69, 9.17) is 0 Å². The molecule has 3 rings (SSSR count). The van der Waals surface area contributed by atoms with Crippen molar-refractivity contribution < 1.29 is 0 Å². The Kier molecular flexibility index (Phi) is 2.87. The number of fused-ring (bicyclic) bond motifs is 1. The normalized spacial score (nSPS) is 21.4. The van der Waals surface area contributed by atoms with Gasteiger partial charge in [0.1, 0.15) is 0 Å². The van der Waals surface area contributed by atoms with E-state index in [-0.39, 0.29) is 0 Å². The maximum absolute atomic E-state index is 3.36. The minimum Gasteiger partial charge on any atom is -0.361 e. The van der Waals surface area contributed by atoms with E-state index in [0.29, 0.717) is 6.04 Å². The molecule has 2 N–H and O–H groups in total. The van der Waals surface area contributed by atoms with E-state index in [1.54, 1.807) is 0 Å². The fraction of sp³-hybridized carbons (Fsp3) is 0.429. The summed E-state index contributed by atoms with van der Waals surface area (Å²) in [5.74, 6) is 0. The predicted molar refractivity (Wildman–Crippen MR) is 71.0 cm³/mol. The van der Waals surface area contributed by atoms with Crippen LogP contribution in [0.15, 0.2) is 30.5 Å². The van der Waals surface area contributed by atoms with E-state index in [1.165, 1.54) is 29.4 Å². The van der Waals surface area contributed by atoms with Gasteiger partial charge < -0.3 is 10.3 Å². The zero-order valence-corrected chi connectivity index (χ0v) is 10.2. The van der Waals surface area contributed by atoms with Crippen molar-refractivity contribution in [2.24, 2.45) is 0 Å². The number of likely N-dealkylation sites (N-methyl/N-ethyl adjacent to an activating group) is 1. The minimum atomic E-state index is 0.667. The average molecular weight is 229 g/mol. The van der Waals surface area contributed by atoms with Crippen molar-refractivity contribution in [3.05, 3.63) is 36.0 Å². The monoisotopic (exact) mass is 229 g/mol. The molecule has 1 unspecified atom stereocenters. The zero-order chi connectivity index (χ0) is 11.7. The molecule has 2 heterocycles. The maximum atomic E-state index is 3.36. The molecule has 1 aromatic carbocycles. The first-order valence-electron chi connectivity index (χ1n) is 6.31. The second-order valence-electron chi connectivity index (χ2n) is 4.87. The highest BCUT2D eigenvalue weighted by molar-refractivity contribution is 5.82. The number of nitrogens with zero attached hydrogens (tertiary/aromatic N) is 1. The smallest absolute Gasteiger partial charge is 0.0457 e. The lowest BCUT2D eigenvalue weighted by Crippen LogP contribution is -2.29. The molecule has 0 saturated carbocycles. The quantitative estimate of drug-likeness (QED) is 0.843. The summed E-state index contributed by atoms with van der Waals surface area (Å²) in [6.45, 7) is 3.42. The number of likely N-dealkylation sites (tertiary alicyclic amines) is 1. The summed E-state index contributed by atoms with van der Waals surface area (Å²) < 4.78 is 0. The second kappa shape index (κ2) is 4.51. The van der Waals surface area contributed by atoms with Gasteiger partial charge in [-0.2, -0.15) is 0 Å². The Morgan fingerprint density at radius 1 is 1.41 bits per heavy atom. The van der Waals surface area contributed by atoms with Crippen molar-refractivity contribution in [2.75, 3.05) is 20.1 Å². The van der Waals surface area contributed by atoms with Gasteiger partial charge in [0.2, 0.25) is 0 Å². The third-order valence-electron chi connectivity index (χ3n) is 3.75. The number of hydrogen-bond donors (Lipinski definition) is 2. The molecule has 1 saturated heterocycles. The lowest BCUT2D eigenvalue weighted by atomic mass is 10.1. The molecule has 0 aliphatic carbocycles. The van der Waals surface area contributed by atoms with Crippen LogP contribution in [0.5, 0.6) is 0 Å². The lowest BCUT2D eigenvalue weighted by Gasteiger charge is -2.15. The summed E-state index contributed by atoms with van der Waals surface area (Å²) in [6.07, 6.45) is 3.41. The number of rotatable bonds is 3. The lowest BCUT2D eigenvalue weighted by molar-refractivity contribution is 0.323. The first kappa shape index (κ1) is 10.8. The van der Waals surface area contributed by atoms with Crippen LogP contribution in [0.1, 0.15) is 12.0 Å². The Balaban J connectivity index is 1.77. The molecule has 1 aliphatic rings. The standard InChI is InChI=1S/C14H19N3/c1-15-12-6-7-17(10-12)9-11-8-16-14-5-3-2-4-13(11)14/h2-5,8,12,15-16H,6-7,9-10H2,1H3. The van der Waals surface area contributed by atoms with Crippen molar-refractivity contribution in [1.82, 2.24) is 15.2 Å². The molecule has 3 heteroatoms. The van der Waals surface area contributed by atoms with Crippen molar-refractivity contribution in [3.8, 4) is 0 Å². The van der Waals surface area contributed by atoms with Crippen LogP contribution in [-0.4, -0.2) is 36.1 Å². The fourth-order valence-corrected chi connectivity index (χ4v) is 2.72. The molecule has 1 fully saturated rings. The van der Waals surface area contributed by atoms with E-state index < -0.39 is 0 Å². The molecule has 1 aromatic heterocycles. The second-order valence-corrected chi connectivity index (χ2v) is 4.87. The van der Waals surface area contributed by atoms with Crippen LogP contribution < -0.4 is 5.32 Å². The van der Waals surface area contributed by atoms with E-state index in [1.807, 2.05) is 0 Å². The SMILES string of the molecule is CNC1CCN(Cc2c[nH]c3ccccc23)C1. The Labute approximate surface area is 102 Å². The van der Waals surface area contributed by atoms with Crippen molar-refractivity contribution in [2.45, 2.75) is 19.0 Å². The maximum Gasteiger partial charge on any atom is 0.0457 e. The van der Waals surface area contributed by atoms with Gasteiger partial charge in [0, 0.05) is 42.8 Å². The minimum absolute atomic E-state index is 0.667. The third kappa shape index (κ3) is 2.08. The van der Waals surface area contributed by atoms with Gasteiger partial charge in [0.05, 0.1) is 0 Å². The van der Waals surface area contributed by atoms with Gasteiger partial charge in [0.25, 0.3) is 0 Å². The molecular formula is C14H19N3. The molecule has 2 aromatic rings. The van der Waals surface area contributed by atoms with Crippen LogP contribution in [0.2, 0.25) is 0 Å². The molecule has 0 bridgehead atoms. The molecule has 0 spiro atoms. The van der Waals surface area contributed by atoms with Gasteiger partial charge in [-0.15, -0.1) is 0 Å². The van der Waals surface area contributed by atoms with E-state index in [2.05, 4.69) is 52.7 Å². The first-order valence-corrected chi connectivity index (χ1v) is 6.31. The Morgan fingerprint density at radius 2 is 2.29 bits per heavy atom. The first-order chi connectivity index (χ1) is 8.36. The molecule has 1 atom stereocenters. The predicted octanol–water partition coefficient (Wildman–Crippen LogP) is 1.96. The summed E-state index contributed by atoms with van der Waals surface area (Å²) in [6, 6.07) is 9.20. The summed E-state index contributed by atoms with van der Waals surface area (Å²) >= 11 is 0. The largest absolute Gasteiger partial charge is 0.361 e. The molecule has 90 valence electrons. The number of benzene rings is 1. The number of para-hydroxylation sites is 1. The number of aromatic nitrogens is 1. The van der Waals surface area contributed by atoms with Crippen LogP contribution in [0, 0.1) is 0 Å². The molecule has 0 radical (unpaired) electrons. The summed E-state index contributed by atoms with van der Waals surface area (Å²) in [7, 11) is 2.06. The highest BCUT2D eigenvalue weighted by atomic mass is 15.2. The van der Waals surface area contributed by atoms with Gasteiger partial charge in [-0.1, -0.05) is 18.2 Å². The Bertz CT molecular complexity index is 503. The van der Waals surface area contributed by atoms with Crippen molar-refractivity contribution in [3.63, 3.8) is 0 Å². The van der Waals surface area contributed by atoms with Crippen LogP contribution >= 0.6 is 0 Å². The molecule has 3 nitrogen and oxygen atoms in total. The molecule has 1 aliphatic heterocycles. The molecular weight excluding hydrogens is 210 g/mol. The van der Waals surface area contributed by atoms with Gasteiger partial charge in [-0.05, 0) is 25.1 Å². The van der Waals surface area contributed by atoms with Gasteiger partial charge in [0.15, 0.2) is 0 Å². The van der Waals surface area contributed by atoms with E-state index in [9.17, 15) is 0 Å². The number of hydrogen-bond acceptors (Lipinski definition) is 2. The van der Waals surface area contributed by atoms with E-state index >= 15 is 0 Å². The topological polar surface area (TPSA) is 31.1 Å². The zero-order valence-electron chi connectivity index (χ0n) is 10.2. The summed E-state index contributed by atoms with van der Waals surface area (Å²) in [5.41, 5.74) is 2.66. The van der Waals surface area contributed by atoms with Crippen LogP contribution in [0.4, 0.5) is 0 Å². The Hall–Kier alpha value is -1.32. The number of aromatic amines is 1. The summed E-state index contributed by atoms with van der Waals surface area (Å²) in [5, 5.41) is 4.72. The summed E-state index contributed by atoms with van der Waals surface area (Å²) in [4.78, 5) is 5.87. The van der Waals surface area contributed by atoms with Gasteiger partial charge in [-0.25, -0.2) is 0 Å². The molecule has 17 heavy (non-hydrogen) atoms. The van der Waals surface area contributed by atoms with Gasteiger partial charge in [-0.3, -0.25) is 4.90 Å². The van der Waals surface area contributed by atoms with Crippen LogP contribution in [0.25, 0.3) is 10.9 Å². The van der Waals surface area contributed by atoms with Crippen molar-refractivity contribution in [1.29, 1.82) is 0 Å². The van der Waals surface area contributed by atoms with Crippen LogP contribution in [-0.2, 0) is 6.54 Å². The Morgan fingerprint density at radius 3 is 3.12 bits per heavy atom. The number of nitrogens with one attached hydrogen (secondary N) is 2. The van der Waals surface area contributed by atoms with Crippen molar-refractivity contribution >= 4 is 10.9 Å². The highest BCUT2D eigenvalue weighted by Gasteiger charge is 2.21. The highest BCUT2D eigenvalue weighted by Crippen LogP contribution is 2.21. The van der Waals surface area contributed by atoms with Gasteiger partial charge >= 0.3 is 0 Å². The molecule has 0 amide bonds. The van der Waals surface area contributed by atoms with Crippen LogP contribution in [0.3, 0.4) is 0 Å². The third-order valence-corrected chi connectivity index (χ3v) is 3.75. The number of H-pyrrole nitrogens is 1.